The number of ether oxygens (including phenoxy) is 1. The summed E-state index contributed by atoms with van der Waals surface area (Å²) in [6.07, 6.45) is 1.97. The molecule has 2 aromatic carbocycles. The number of aromatic nitrogens is 3. The number of nitrogens with one attached hydrogen (secondary N) is 1. The Morgan fingerprint density at radius 1 is 0.881 bits per heavy atom. The van der Waals surface area contributed by atoms with Crippen molar-refractivity contribution in [2.24, 2.45) is 0 Å². The molecule has 3 aliphatic rings. The molecule has 3 fully saturated rings. The maximum Gasteiger partial charge on any atom is 0.227 e. The van der Waals surface area contributed by atoms with E-state index in [-0.39, 0.29) is 12.2 Å². The van der Waals surface area contributed by atoms with E-state index in [2.05, 4.69) is 79.3 Å². The van der Waals surface area contributed by atoms with E-state index in [1.807, 2.05) is 12.1 Å². The topological polar surface area (TPSA) is 96.7 Å². The van der Waals surface area contributed by atoms with E-state index in [4.69, 9.17) is 14.7 Å². The van der Waals surface area contributed by atoms with Crippen molar-refractivity contribution in [3.05, 3.63) is 60.3 Å². The van der Waals surface area contributed by atoms with Crippen LogP contribution in [0.5, 0.6) is 0 Å². The third kappa shape index (κ3) is 5.31. The van der Waals surface area contributed by atoms with E-state index in [1.54, 1.807) is 6.20 Å². The molecule has 7 rings (SSSR count). The van der Waals surface area contributed by atoms with Gasteiger partial charge >= 0.3 is 0 Å². The molecular weight excluding hydrogens is 526 g/mol. The number of rotatable bonds is 5. The number of nitrogens with zero attached hydrogens (tertiary/aromatic N) is 8. The van der Waals surface area contributed by atoms with Crippen LogP contribution in [0.25, 0.3) is 21.8 Å². The van der Waals surface area contributed by atoms with E-state index >= 15 is 0 Å². The van der Waals surface area contributed by atoms with Gasteiger partial charge in [-0.15, -0.1) is 0 Å². The van der Waals surface area contributed by atoms with Crippen LogP contribution in [-0.4, -0.2) is 104 Å². The normalized spacial score (nSPS) is 22.0. The zero-order valence-electron chi connectivity index (χ0n) is 24.1. The molecule has 0 spiro atoms. The highest BCUT2D eigenvalue weighted by Crippen LogP contribution is 2.31. The molecular formula is C32H37N9O. The van der Waals surface area contributed by atoms with Gasteiger partial charge in [0.15, 0.2) is 0 Å². The summed E-state index contributed by atoms with van der Waals surface area (Å²) in [5.74, 6) is 1.88. The van der Waals surface area contributed by atoms with Gasteiger partial charge in [-0.05, 0) is 43.3 Å². The molecule has 10 nitrogen and oxygen atoms in total. The Morgan fingerprint density at radius 2 is 1.69 bits per heavy atom. The second-order valence-electron chi connectivity index (χ2n) is 11.5. The van der Waals surface area contributed by atoms with Crippen molar-refractivity contribution in [2.45, 2.75) is 19.1 Å². The van der Waals surface area contributed by atoms with Gasteiger partial charge in [-0.1, -0.05) is 12.1 Å². The molecule has 0 saturated carbocycles. The van der Waals surface area contributed by atoms with Gasteiger partial charge in [0, 0.05) is 94.6 Å². The number of anilines is 3. The van der Waals surface area contributed by atoms with Crippen molar-refractivity contribution in [1.82, 2.24) is 25.2 Å². The first-order valence-electron chi connectivity index (χ1n) is 15.0. The van der Waals surface area contributed by atoms with Crippen LogP contribution in [-0.2, 0) is 4.74 Å². The Balaban J connectivity index is 1.05. The summed E-state index contributed by atoms with van der Waals surface area (Å²) in [5, 5.41) is 15.1. The second-order valence-corrected chi connectivity index (χ2v) is 11.5. The molecule has 0 amide bonds. The predicted octanol–water partition coefficient (Wildman–Crippen LogP) is 2.88. The fourth-order valence-electron chi connectivity index (χ4n) is 6.59. The summed E-state index contributed by atoms with van der Waals surface area (Å²) in [4.78, 5) is 24.2. The van der Waals surface area contributed by atoms with Crippen LogP contribution in [0.2, 0.25) is 0 Å². The van der Waals surface area contributed by atoms with Crippen molar-refractivity contribution in [3.8, 4) is 6.07 Å². The number of nitriles is 1. The number of piperazine rings is 2. The van der Waals surface area contributed by atoms with Gasteiger partial charge in [-0.3, -0.25) is 9.88 Å². The molecule has 2 aromatic heterocycles. The summed E-state index contributed by atoms with van der Waals surface area (Å²) >= 11 is 0. The van der Waals surface area contributed by atoms with Crippen LogP contribution in [0.1, 0.15) is 12.5 Å². The minimum Gasteiger partial charge on any atom is -0.370 e. The summed E-state index contributed by atoms with van der Waals surface area (Å²) in [7, 11) is 0. The SMILES string of the molecule is C[C@@H]1CN(c2ccc(C#N)c3ncccc23)C[C@H](CN2CCN(c3nc(N4CCNCC4)nc4ccccc34)CC2)O1. The quantitative estimate of drug-likeness (QED) is 0.391. The van der Waals surface area contributed by atoms with Gasteiger partial charge in [0.2, 0.25) is 5.95 Å². The number of morpholine rings is 1. The molecule has 3 saturated heterocycles. The molecule has 0 aliphatic carbocycles. The average molecular weight is 564 g/mol. The first-order chi connectivity index (χ1) is 20.7. The fourth-order valence-corrected chi connectivity index (χ4v) is 6.59. The van der Waals surface area contributed by atoms with Crippen LogP contribution in [0.15, 0.2) is 54.7 Å². The average Bonchev–Trinajstić information content (AvgIpc) is 3.04. The van der Waals surface area contributed by atoms with E-state index < -0.39 is 0 Å². The Morgan fingerprint density at radius 3 is 2.52 bits per heavy atom. The first-order valence-corrected chi connectivity index (χ1v) is 15.0. The molecule has 0 radical (unpaired) electrons. The Labute approximate surface area is 246 Å². The highest BCUT2D eigenvalue weighted by Gasteiger charge is 2.30. The lowest BCUT2D eigenvalue weighted by Crippen LogP contribution is -2.54. The minimum atomic E-state index is 0.0989. The van der Waals surface area contributed by atoms with Gasteiger partial charge in [-0.25, -0.2) is 4.98 Å². The number of para-hydroxylation sites is 1. The smallest absolute Gasteiger partial charge is 0.227 e. The van der Waals surface area contributed by atoms with E-state index in [0.717, 1.165) is 111 Å². The lowest BCUT2D eigenvalue weighted by Gasteiger charge is -2.42. The molecule has 2 atom stereocenters. The molecule has 1 N–H and O–H groups in total. The number of fused-ring (bicyclic) bond motifs is 2. The van der Waals surface area contributed by atoms with Gasteiger partial charge in [-0.2, -0.15) is 10.2 Å². The Hall–Kier alpha value is -4.04. The van der Waals surface area contributed by atoms with Crippen LogP contribution in [0.3, 0.4) is 0 Å². The first kappa shape index (κ1) is 26.8. The van der Waals surface area contributed by atoms with Crippen LogP contribution in [0, 0.1) is 11.3 Å². The van der Waals surface area contributed by atoms with E-state index in [1.165, 1.54) is 0 Å². The van der Waals surface area contributed by atoms with Crippen LogP contribution >= 0.6 is 0 Å². The molecule has 42 heavy (non-hydrogen) atoms. The van der Waals surface area contributed by atoms with Crippen LogP contribution < -0.4 is 20.0 Å². The minimum absolute atomic E-state index is 0.0989. The largest absolute Gasteiger partial charge is 0.370 e. The molecule has 5 heterocycles. The third-order valence-electron chi connectivity index (χ3n) is 8.64. The molecule has 10 heteroatoms. The second kappa shape index (κ2) is 11.7. The number of hydrogen-bond acceptors (Lipinski definition) is 10. The molecule has 4 aromatic rings. The maximum absolute atomic E-state index is 9.58. The lowest BCUT2D eigenvalue weighted by molar-refractivity contribution is -0.0327. The predicted molar refractivity (Wildman–Crippen MR) is 166 cm³/mol. The monoisotopic (exact) mass is 563 g/mol. The van der Waals surface area contributed by atoms with Crippen molar-refractivity contribution in [1.29, 1.82) is 5.26 Å². The summed E-state index contributed by atoms with van der Waals surface area (Å²) < 4.78 is 6.45. The molecule has 216 valence electrons. The number of pyridine rings is 1. The van der Waals surface area contributed by atoms with E-state index in [9.17, 15) is 5.26 Å². The Bertz CT molecular complexity index is 1610. The standard InChI is InChI=1S/C32H37N9O/c1-23-20-41(29-9-8-24(19-33)30-27(29)6-4-10-35-30)22-25(42-23)21-38-15-17-39(18-16-38)31-26-5-2-3-7-28(26)36-32(37-31)40-13-11-34-12-14-40/h2-10,23,25,34H,11-18,20-22H2,1H3/t23-,25+/m1/s1. The van der Waals surface area contributed by atoms with Gasteiger partial charge < -0.3 is 24.8 Å². The zero-order chi connectivity index (χ0) is 28.5. The fraction of sp³-hybridized carbons (Fsp3) is 0.438. The Kier molecular flexibility index (Phi) is 7.46. The van der Waals surface area contributed by atoms with Crippen molar-refractivity contribution >= 4 is 39.3 Å². The maximum atomic E-state index is 9.58. The van der Waals surface area contributed by atoms with Gasteiger partial charge in [0.25, 0.3) is 0 Å². The van der Waals surface area contributed by atoms with Crippen molar-refractivity contribution in [3.63, 3.8) is 0 Å². The van der Waals surface area contributed by atoms with Gasteiger partial charge in [0.1, 0.15) is 11.9 Å². The van der Waals surface area contributed by atoms with Crippen molar-refractivity contribution < 1.29 is 4.74 Å². The molecule has 0 bridgehead atoms. The summed E-state index contributed by atoms with van der Waals surface area (Å²) in [6, 6.07) is 18.6. The molecule has 0 unspecified atom stereocenters. The number of hydrogen-bond donors (Lipinski definition) is 1. The van der Waals surface area contributed by atoms with E-state index in [0.29, 0.717) is 5.56 Å². The highest BCUT2D eigenvalue weighted by atomic mass is 16.5. The van der Waals surface area contributed by atoms with Crippen molar-refractivity contribution in [2.75, 3.05) is 86.7 Å². The van der Waals surface area contributed by atoms with Gasteiger partial charge in [0.05, 0.1) is 28.8 Å². The lowest BCUT2D eigenvalue weighted by atomic mass is 10.1. The third-order valence-corrected chi connectivity index (χ3v) is 8.64. The summed E-state index contributed by atoms with van der Waals surface area (Å²) in [6.45, 7) is 12.2. The highest BCUT2D eigenvalue weighted by molar-refractivity contribution is 5.95. The van der Waals surface area contributed by atoms with Crippen LogP contribution in [0.4, 0.5) is 17.5 Å². The summed E-state index contributed by atoms with van der Waals surface area (Å²) in [5.41, 5.74) is 3.51. The zero-order valence-corrected chi connectivity index (χ0v) is 24.1. The molecule has 3 aliphatic heterocycles. The number of benzene rings is 2.